The molecule has 0 saturated heterocycles. The van der Waals surface area contributed by atoms with Crippen molar-refractivity contribution in [3.05, 3.63) is 10.6 Å². The molecule has 0 amide bonds. The average Bonchev–Trinajstić information content (AvgIpc) is 3.16. The number of hydrogen-bond donors (Lipinski definition) is 1. The molecule has 3 nitrogen and oxygen atoms in total. The van der Waals surface area contributed by atoms with Crippen LogP contribution >= 0.6 is 11.3 Å². The molecule has 1 atom stereocenters. The molecule has 20 heavy (non-hydrogen) atoms. The Morgan fingerprint density at radius 2 is 2.05 bits per heavy atom. The maximum absolute atomic E-state index is 5.92. The molecule has 1 aliphatic rings. The number of rotatable bonds is 8. The first kappa shape index (κ1) is 15.8. The molecule has 1 aliphatic carbocycles. The van der Waals surface area contributed by atoms with Crippen molar-refractivity contribution in [1.82, 2.24) is 4.98 Å². The van der Waals surface area contributed by atoms with Crippen LogP contribution in [0.25, 0.3) is 0 Å². The van der Waals surface area contributed by atoms with Crippen LogP contribution in [0.4, 0.5) is 5.13 Å². The highest BCUT2D eigenvalue weighted by atomic mass is 32.1. The van der Waals surface area contributed by atoms with E-state index in [1.165, 1.54) is 35.0 Å². The molecule has 0 aliphatic heterocycles. The van der Waals surface area contributed by atoms with E-state index < -0.39 is 0 Å². The third-order valence-electron chi connectivity index (χ3n) is 4.16. The summed E-state index contributed by atoms with van der Waals surface area (Å²) in [7, 11) is 0. The van der Waals surface area contributed by atoms with Gasteiger partial charge in [-0.05, 0) is 37.5 Å². The van der Waals surface area contributed by atoms with Gasteiger partial charge in [-0.25, -0.2) is 4.98 Å². The van der Waals surface area contributed by atoms with Crippen LogP contribution in [0.1, 0.15) is 69.9 Å². The van der Waals surface area contributed by atoms with Gasteiger partial charge < -0.3 is 10.6 Å². The minimum atomic E-state index is 0.518. The number of aromatic nitrogens is 1. The maximum Gasteiger partial charge on any atom is 0.186 e. The number of anilines is 1. The number of hydrogen-bond acceptors (Lipinski definition) is 4. The third-order valence-corrected chi connectivity index (χ3v) is 5.29. The summed E-state index contributed by atoms with van der Waals surface area (Å²) >= 11 is 1.82. The molecule has 4 heteroatoms. The smallest absolute Gasteiger partial charge is 0.186 e. The molecular weight excluding hydrogens is 266 g/mol. The topological polar surface area (TPSA) is 42.2 Å². The second-order valence-corrected chi connectivity index (χ2v) is 7.49. The van der Waals surface area contributed by atoms with Gasteiger partial charge in [-0.15, -0.1) is 11.3 Å². The van der Waals surface area contributed by atoms with Gasteiger partial charge in [-0.3, -0.25) is 0 Å². The summed E-state index contributed by atoms with van der Waals surface area (Å²) < 4.78 is 0. The van der Waals surface area contributed by atoms with Crippen LogP contribution in [-0.2, 0) is 6.54 Å². The van der Waals surface area contributed by atoms with Gasteiger partial charge in [-0.2, -0.15) is 0 Å². The molecule has 2 N–H and O–H groups in total. The highest BCUT2D eigenvalue weighted by Crippen LogP contribution is 2.37. The van der Waals surface area contributed by atoms with Crippen LogP contribution in [-0.4, -0.2) is 17.6 Å². The molecule has 1 unspecified atom stereocenters. The SMILES string of the molecule is CCC(C)c1nc(N(CCC(C)C)C2CC2)sc1CN. The van der Waals surface area contributed by atoms with E-state index in [1.54, 1.807) is 0 Å². The van der Waals surface area contributed by atoms with E-state index in [9.17, 15) is 0 Å². The second-order valence-electron chi connectivity index (χ2n) is 6.43. The molecule has 1 aromatic rings. The second kappa shape index (κ2) is 6.90. The van der Waals surface area contributed by atoms with Gasteiger partial charge in [0, 0.05) is 24.0 Å². The standard InChI is InChI=1S/C16H29N3S/c1-5-12(4)15-14(10-17)20-16(18-15)19(13-6-7-13)9-8-11(2)3/h11-13H,5-10,17H2,1-4H3. The number of nitrogens with zero attached hydrogens (tertiary/aromatic N) is 2. The van der Waals surface area contributed by atoms with Crippen molar-refractivity contribution in [2.45, 2.75) is 71.9 Å². The van der Waals surface area contributed by atoms with Gasteiger partial charge in [0.1, 0.15) is 0 Å². The minimum absolute atomic E-state index is 0.518. The average molecular weight is 295 g/mol. The molecule has 1 saturated carbocycles. The highest BCUT2D eigenvalue weighted by molar-refractivity contribution is 7.15. The van der Waals surface area contributed by atoms with Crippen LogP contribution in [0.3, 0.4) is 0 Å². The Hall–Kier alpha value is -0.610. The lowest BCUT2D eigenvalue weighted by molar-refractivity contribution is 0.569. The summed E-state index contributed by atoms with van der Waals surface area (Å²) in [5, 5.41) is 1.21. The quantitative estimate of drug-likeness (QED) is 0.784. The fraction of sp³-hybridized carbons (Fsp3) is 0.812. The molecule has 1 fully saturated rings. The molecular formula is C16H29N3S. The Balaban J connectivity index is 2.18. The normalized spacial score (nSPS) is 16.7. The third kappa shape index (κ3) is 3.73. The van der Waals surface area contributed by atoms with Gasteiger partial charge in [-0.1, -0.05) is 27.7 Å². The van der Waals surface area contributed by atoms with Gasteiger partial charge in [0.25, 0.3) is 0 Å². The lowest BCUT2D eigenvalue weighted by Crippen LogP contribution is -2.27. The van der Waals surface area contributed by atoms with E-state index in [4.69, 9.17) is 10.7 Å². The Morgan fingerprint density at radius 1 is 1.35 bits per heavy atom. The van der Waals surface area contributed by atoms with Gasteiger partial charge in [0.15, 0.2) is 5.13 Å². The van der Waals surface area contributed by atoms with Crippen molar-refractivity contribution >= 4 is 16.5 Å². The van der Waals surface area contributed by atoms with E-state index in [0.717, 1.165) is 24.9 Å². The van der Waals surface area contributed by atoms with Crippen LogP contribution in [0.2, 0.25) is 0 Å². The van der Waals surface area contributed by atoms with Gasteiger partial charge in [0.2, 0.25) is 0 Å². The number of nitrogens with two attached hydrogens (primary N) is 1. The van der Waals surface area contributed by atoms with E-state index in [1.807, 2.05) is 11.3 Å². The molecule has 1 aromatic heterocycles. The van der Waals surface area contributed by atoms with Crippen molar-refractivity contribution in [3.8, 4) is 0 Å². The molecule has 0 aromatic carbocycles. The highest BCUT2D eigenvalue weighted by Gasteiger charge is 2.31. The Kier molecular flexibility index (Phi) is 5.44. The van der Waals surface area contributed by atoms with Crippen LogP contribution in [0.5, 0.6) is 0 Å². The first-order valence-corrected chi connectivity index (χ1v) is 8.84. The predicted octanol–water partition coefficient (Wildman–Crippen LogP) is 4.13. The molecule has 0 spiro atoms. The van der Waals surface area contributed by atoms with Crippen molar-refractivity contribution in [2.24, 2.45) is 11.7 Å². The Bertz CT molecular complexity index is 423. The first-order chi connectivity index (χ1) is 9.56. The van der Waals surface area contributed by atoms with Crippen molar-refractivity contribution in [1.29, 1.82) is 0 Å². The summed E-state index contributed by atoms with van der Waals surface area (Å²) in [4.78, 5) is 8.78. The fourth-order valence-corrected chi connectivity index (χ4v) is 3.57. The molecule has 0 bridgehead atoms. The molecule has 2 rings (SSSR count). The van der Waals surface area contributed by atoms with Crippen LogP contribution < -0.4 is 10.6 Å². The van der Waals surface area contributed by atoms with E-state index in [0.29, 0.717) is 12.5 Å². The summed E-state index contributed by atoms with van der Waals surface area (Å²) in [5.74, 6) is 1.27. The zero-order valence-corrected chi connectivity index (χ0v) is 14.2. The van der Waals surface area contributed by atoms with Gasteiger partial charge in [0.05, 0.1) is 5.69 Å². The summed E-state index contributed by atoms with van der Waals surface area (Å²) in [5.41, 5.74) is 7.16. The lowest BCUT2D eigenvalue weighted by atomic mass is 10.0. The first-order valence-electron chi connectivity index (χ1n) is 8.03. The van der Waals surface area contributed by atoms with Crippen LogP contribution in [0, 0.1) is 5.92 Å². The van der Waals surface area contributed by atoms with Crippen LogP contribution in [0.15, 0.2) is 0 Å². The lowest BCUT2D eigenvalue weighted by Gasteiger charge is -2.22. The summed E-state index contributed by atoms with van der Waals surface area (Å²) in [6.45, 7) is 10.8. The largest absolute Gasteiger partial charge is 0.345 e. The zero-order chi connectivity index (χ0) is 14.7. The van der Waals surface area contributed by atoms with Crippen molar-refractivity contribution < 1.29 is 0 Å². The fourth-order valence-electron chi connectivity index (χ4n) is 2.42. The summed E-state index contributed by atoms with van der Waals surface area (Å²) in [6.07, 6.45) is 5.03. The number of thiazole rings is 1. The molecule has 114 valence electrons. The summed E-state index contributed by atoms with van der Waals surface area (Å²) in [6, 6.07) is 0.732. The zero-order valence-electron chi connectivity index (χ0n) is 13.4. The monoisotopic (exact) mass is 295 g/mol. The van der Waals surface area contributed by atoms with Crippen molar-refractivity contribution in [2.75, 3.05) is 11.4 Å². The molecule has 1 heterocycles. The molecule has 0 radical (unpaired) electrons. The minimum Gasteiger partial charge on any atom is -0.345 e. The van der Waals surface area contributed by atoms with E-state index >= 15 is 0 Å². The van der Waals surface area contributed by atoms with Gasteiger partial charge >= 0.3 is 0 Å². The Morgan fingerprint density at radius 3 is 2.55 bits per heavy atom. The van der Waals surface area contributed by atoms with Crippen molar-refractivity contribution in [3.63, 3.8) is 0 Å². The van der Waals surface area contributed by atoms with E-state index in [2.05, 4.69) is 32.6 Å². The Labute approximate surface area is 127 Å². The van der Waals surface area contributed by atoms with E-state index in [-0.39, 0.29) is 0 Å². The maximum atomic E-state index is 5.92. The predicted molar refractivity (Wildman–Crippen MR) is 88.5 cm³/mol.